The molecule has 1 fully saturated rings. The van der Waals surface area contributed by atoms with Crippen molar-refractivity contribution in [1.82, 2.24) is 14.3 Å². The van der Waals surface area contributed by atoms with Crippen LogP contribution in [0.25, 0.3) is 5.65 Å². The van der Waals surface area contributed by atoms with Crippen molar-refractivity contribution in [3.63, 3.8) is 0 Å². The minimum atomic E-state index is 0.276. The number of rotatable bonds is 4. The number of alkyl halides is 1. The second-order valence-electron chi connectivity index (χ2n) is 4.99. The molecule has 1 unspecified atom stereocenters. The Labute approximate surface area is 120 Å². The van der Waals surface area contributed by atoms with Gasteiger partial charge in [-0.05, 0) is 18.1 Å². The van der Waals surface area contributed by atoms with Gasteiger partial charge in [-0.1, -0.05) is 22.0 Å². The highest BCUT2D eigenvalue weighted by Crippen LogP contribution is 2.20. The molecule has 1 aliphatic heterocycles. The summed E-state index contributed by atoms with van der Waals surface area (Å²) in [5, 5.41) is 0.908. The zero-order valence-corrected chi connectivity index (χ0v) is 12.2. The molecule has 3 rings (SSSR count). The predicted molar refractivity (Wildman–Crippen MR) is 77.4 cm³/mol. The number of hydrogen-bond donors (Lipinski definition) is 0. The Morgan fingerprint density at radius 1 is 1.42 bits per heavy atom. The van der Waals surface area contributed by atoms with Crippen LogP contribution in [0.3, 0.4) is 0 Å². The van der Waals surface area contributed by atoms with Crippen molar-refractivity contribution in [2.75, 3.05) is 18.4 Å². The minimum absolute atomic E-state index is 0.276. The van der Waals surface area contributed by atoms with Gasteiger partial charge in [-0.2, -0.15) is 0 Å². The Morgan fingerprint density at radius 2 is 2.32 bits per heavy atom. The summed E-state index contributed by atoms with van der Waals surface area (Å²) < 4.78 is 2.09. The molecule has 0 aliphatic carbocycles. The van der Waals surface area contributed by atoms with Gasteiger partial charge in [0.2, 0.25) is 5.91 Å². The lowest BCUT2D eigenvalue weighted by molar-refractivity contribution is -0.127. The Hall–Kier alpha value is -1.36. The van der Waals surface area contributed by atoms with Gasteiger partial charge >= 0.3 is 0 Å². The topological polar surface area (TPSA) is 37.6 Å². The van der Waals surface area contributed by atoms with Crippen molar-refractivity contribution in [2.24, 2.45) is 5.92 Å². The third kappa shape index (κ3) is 2.52. The molecule has 0 bridgehead atoms. The van der Waals surface area contributed by atoms with Gasteiger partial charge in [0.15, 0.2) is 0 Å². The number of carbonyl (C=O) groups is 1. The molecule has 4 nitrogen and oxygen atoms in total. The van der Waals surface area contributed by atoms with Gasteiger partial charge in [-0.15, -0.1) is 0 Å². The SMILES string of the molecule is O=C1CC(CBr)CN1CCc1cnc2ccccn12. The molecule has 0 saturated carbocycles. The van der Waals surface area contributed by atoms with Crippen LogP contribution in [-0.4, -0.2) is 38.6 Å². The summed E-state index contributed by atoms with van der Waals surface area (Å²) in [6, 6.07) is 5.97. The van der Waals surface area contributed by atoms with Crippen LogP contribution in [0.2, 0.25) is 0 Å². The van der Waals surface area contributed by atoms with Crippen LogP contribution in [0.1, 0.15) is 12.1 Å². The van der Waals surface area contributed by atoms with E-state index < -0.39 is 0 Å². The first-order chi connectivity index (χ1) is 9.28. The maximum Gasteiger partial charge on any atom is 0.222 e. The van der Waals surface area contributed by atoms with E-state index in [1.165, 1.54) is 0 Å². The third-order valence-corrected chi connectivity index (χ3v) is 4.56. The van der Waals surface area contributed by atoms with Gasteiger partial charge in [0.05, 0.1) is 0 Å². The van der Waals surface area contributed by atoms with Gasteiger partial charge in [0.25, 0.3) is 0 Å². The van der Waals surface area contributed by atoms with Crippen molar-refractivity contribution in [3.05, 3.63) is 36.3 Å². The van der Waals surface area contributed by atoms with Crippen molar-refractivity contribution >= 4 is 27.5 Å². The fourth-order valence-corrected chi connectivity index (χ4v) is 3.03. The average molecular weight is 322 g/mol. The van der Waals surface area contributed by atoms with Gasteiger partial charge in [0, 0.05) is 49.3 Å². The van der Waals surface area contributed by atoms with Gasteiger partial charge in [0.1, 0.15) is 5.65 Å². The molecule has 1 amide bonds. The largest absolute Gasteiger partial charge is 0.342 e. The van der Waals surface area contributed by atoms with E-state index in [-0.39, 0.29) is 5.91 Å². The molecular formula is C14H16BrN3O. The number of hydrogen-bond acceptors (Lipinski definition) is 2. The molecule has 5 heteroatoms. The van der Waals surface area contributed by atoms with E-state index in [1.807, 2.05) is 35.5 Å². The zero-order chi connectivity index (χ0) is 13.2. The fraction of sp³-hybridized carbons (Fsp3) is 0.429. The summed E-state index contributed by atoms with van der Waals surface area (Å²) in [5.41, 5.74) is 2.12. The quantitative estimate of drug-likeness (QED) is 0.809. The number of pyridine rings is 1. The van der Waals surface area contributed by atoms with Crippen molar-refractivity contribution in [1.29, 1.82) is 0 Å². The molecule has 2 aromatic heterocycles. The number of halogens is 1. The summed E-state index contributed by atoms with van der Waals surface area (Å²) in [6.45, 7) is 1.66. The summed E-state index contributed by atoms with van der Waals surface area (Å²) >= 11 is 3.46. The van der Waals surface area contributed by atoms with Crippen molar-refractivity contribution < 1.29 is 4.79 Å². The van der Waals surface area contributed by atoms with E-state index in [4.69, 9.17) is 0 Å². The lowest BCUT2D eigenvalue weighted by Gasteiger charge is -2.15. The van der Waals surface area contributed by atoms with E-state index >= 15 is 0 Å². The first-order valence-corrected chi connectivity index (χ1v) is 7.65. The molecule has 1 saturated heterocycles. The smallest absolute Gasteiger partial charge is 0.222 e. The predicted octanol–water partition coefficient (Wildman–Crippen LogP) is 2.12. The summed E-state index contributed by atoms with van der Waals surface area (Å²) in [5.74, 6) is 0.743. The lowest BCUT2D eigenvalue weighted by Crippen LogP contribution is -2.28. The molecule has 1 aliphatic rings. The molecular weight excluding hydrogens is 306 g/mol. The molecule has 0 radical (unpaired) electrons. The third-order valence-electron chi connectivity index (χ3n) is 3.64. The molecule has 0 N–H and O–H groups in total. The summed E-state index contributed by atoms with van der Waals surface area (Å²) in [7, 11) is 0. The maximum atomic E-state index is 11.8. The van der Waals surface area contributed by atoms with Gasteiger partial charge < -0.3 is 9.30 Å². The molecule has 19 heavy (non-hydrogen) atoms. The van der Waals surface area contributed by atoms with E-state index in [9.17, 15) is 4.79 Å². The highest BCUT2D eigenvalue weighted by molar-refractivity contribution is 9.09. The van der Waals surface area contributed by atoms with Gasteiger partial charge in [-0.25, -0.2) is 4.98 Å². The fourth-order valence-electron chi connectivity index (χ4n) is 2.59. The second kappa shape index (κ2) is 5.33. The van der Waals surface area contributed by atoms with Crippen LogP contribution in [0.4, 0.5) is 0 Å². The van der Waals surface area contributed by atoms with E-state index in [2.05, 4.69) is 25.3 Å². The Balaban J connectivity index is 1.68. The van der Waals surface area contributed by atoms with Crippen LogP contribution in [-0.2, 0) is 11.2 Å². The maximum absolute atomic E-state index is 11.8. The Kier molecular flexibility index (Phi) is 3.55. The molecule has 2 aromatic rings. The van der Waals surface area contributed by atoms with Crippen molar-refractivity contribution in [2.45, 2.75) is 12.8 Å². The first kappa shape index (κ1) is 12.7. The molecule has 1 atom stereocenters. The van der Waals surface area contributed by atoms with E-state index in [1.54, 1.807) is 0 Å². The molecule has 100 valence electrons. The monoisotopic (exact) mass is 321 g/mol. The van der Waals surface area contributed by atoms with Crippen molar-refractivity contribution in [3.8, 4) is 0 Å². The number of amides is 1. The summed E-state index contributed by atoms with van der Waals surface area (Å²) in [6.07, 6.45) is 5.45. The number of fused-ring (bicyclic) bond motifs is 1. The molecule has 0 aromatic carbocycles. The lowest BCUT2D eigenvalue weighted by atomic mass is 10.2. The highest BCUT2D eigenvalue weighted by atomic mass is 79.9. The highest BCUT2D eigenvalue weighted by Gasteiger charge is 2.28. The van der Waals surface area contributed by atoms with Gasteiger partial charge in [-0.3, -0.25) is 4.79 Å². The van der Waals surface area contributed by atoms with Crippen LogP contribution in [0, 0.1) is 5.92 Å². The number of carbonyl (C=O) groups excluding carboxylic acids is 1. The molecule has 3 heterocycles. The van der Waals surface area contributed by atoms with E-state index in [0.717, 1.165) is 36.2 Å². The van der Waals surface area contributed by atoms with Crippen LogP contribution in [0.5, 0.6) is 0 Å². The zero-order valence-electron chi connectivity index (χ0n) is 10.6. The Bertz CT molecular complexity index is 595. The second-order valence-corrected chi connectivity index (χ2v) is 5.64. The standard InChI is InChI=1S/C14H16BrN3O/c15-8-11-7-14(19)17(10-11)6-4-12-9-16-13-3-1-2-5-18(12)13/h1-3,5,9,11H,4,6-8,10H2. The van der Waals surface area contributed by atoms with Crippen LogP contribution < -0.4 is 0 Å². The average Bonchev–Trinajstić information content (AvgIpc) is 3.00. The molecule has 0 spiro atoms. The van der Waals surface area contributed by atoms with Crippen LogP contribution >= 0.6 is 15.9 Å². The Morgan fingerprint density at radius 3 is 3.11 bits per heavy atom. The number of likely N-dealkylation sites (tertiary alicyclic amines) is 1. The normalized spacial score (nSPS) is 19.5. The number of imidazole rings is 1. The van der Waals surface area contributed by atoms with Crippen LogP contribution in [0.15, 0.2) is 30.6 Å². The number of aromatic nitrogens is 2. The minimum Gasteiger partial charge on any atom is -0.342 e. The first-order valence-electron chi connectivity index (χ1n) is 6.52. The van der Waals surface area contributed by atoms with E-state index in [0.29, 0.717) is 12.3 Å². The summed E-state index contributed by atoms with van der Waals surface area (Å²) in [4.78, 5) is 18.2. The number of nitrogens with zero attached hydrogens (tertiary/aromatic N) is 3.